The predicted octanol–water partition coefficient (Wildman–Crippen LogP) is -0.141. The van der Waals surface area contributed by atoms with Crippen LogP contribution in [0.2, 0.25) is 0 Å². The van der Waals surface area contributed by atoms with Crippen LogP contribution < -0.4 is 5.32 Å². The lowest BCUT2D eigenvalue weighted by atomic mass is 10.4. The van der Waals surface area contributed by atoms with Gasteiger partial charge in [-0.2, -0.15) is 0 Å². The lowest BCUT2D eigenvalue weighted by molar-refractivity contribution is 0.434. The maximum Gasteiger partial charge on any atom is 0.207 e. The molecule has 0 spiro atoms. The molecule has 0 aromatic heterocycles. The van der Waals surface area contributed by atoms with Gasteiger partial charge >= 0.3 is 0 Å². The van der Waals surface area contributed by atoms with Crippen LogP contribution in [0.25, 0.3) is 0 Å². The quantitative estimate of drug-likeness (QED) is 0.484. The molecule has 0 aromatic carbocycles. The minimum absolute atomic E-state index is 0.0798. The standard InChI is InChI=1S/C7H15N3O2S/c1-8-6(5-10(3)4)7(9-2)13(11)12/h8H,2,5H2,1,3-4H3,(H,11,12)/b7-6+. The van der Waals surface area contributed by atoms with E-state index in [-0.39, 0.29) is 5.03 Å². The summed E-state index contributed by atoms with van der Waals surface area (Å²) in [6.45, 7) is 3.76. The van der Waals surface area contributed by atoms with Gasteiger partial charge in [-0.1, -0.05) is 0 Å². The van der Waals surface area contributed by atoms with Crippen LogP contribution in [-0.4, -0.2) is 48.1 Å². The Bertz CT molecular complexity index is 238. The highest BCUT2D eigenvalue weighted by atomic mass is 32.2. The molecule has 0 bridgehead atoms. The van der Waals surface area contributed by atoms with Gasteiger partial charge in [-0.15, -0.1) is 0 Å². The monoisotopic (exact) mass is 205 g/mol. The summed E-state index contributed by atoms with van der Waals surface area (Å²) in [6, 6.07) is 0. The normalized spacial score (nSPS) is 15.2. The van der Waals surface area contributed by atoms with Crippen molar-refractivity contribution in [2.24, 2.45) is 4.99 Å². The van der Waals surface area contributed by atoms with E-state index in [1.807, 2.05) is 19.0 Å². The van der Waals surface area contributed by atoms with E-state index in [2.05, 4.69) is 17.0 Å². The number of nitrogens with zero attached hydrogens (tertiary/aromatic N) is 2. The highest BCUT2D eigenvalue weighted by molar-refractivity contribution is 7.83. The summed E-state index contributed by atoms with van der Waals surface area (Å²) in [6.07, 6.45) is 0. The number of likely N-dealkylation sites (N-methyl/N-ethyl adjacent to an activating group) is 2. The van der Waals surface area contributed by atoms with Crippen molar-refractivity contribution in [2.75, 3.05) is 27.7 Å². The maximum absolute atomic E-state index is 10.8. The summed E-state index contributed by atoms with van der Waals surface area (Å²) >= 11 is -2.09. The molecule has 1 unspecified atom stereocenters. The van der Waals surface area contributed by atoms with E-state index < -0.39 is 11.1 Å². The molecule has 2 N–H and O–H groups in total. The fourth-order valence-electron chi connectivity index (χ4n) is 0.826. The third-order valence-electron chi connectivity index (χ3n) is 1.34. The maximum atomic E-state index is 10.8. The van der Waals surface area contributed by atoms with Gasteiger partial charge in [0.05, 0.1) is 5.70 Å². The Morgan fingerprint density at radius 2 is 2.23 bits per heavy atom. The van der Waals surface area contributed by atoms with Crippen molar-refractivity contribution in [3.63, 3.8) is 0 Å². The fraction of sp³-hybridized carbons (Fsp3) is 0.571. The molecule has 13 heavy (non-hydrogen) atoms. The zero-order chi connectivity index (χ0) is 10.4. The third-order valence-corrected chi connectivity index (χ3v) is 2.05. The Morgan fingerprint density at radius 3 is 2.46 bits per heavy atom. The van der Waals surface area contributed by atoms with Crippen molar-refractivity contribution < 1.29 is 8.76 Å². The van der Waals surface area contributed by atoms with Crippen molar-refractivity contribution in [3.8, 4) is 0 Å². The first-order valence-electron chi connectivity index (χ1n) is 3.66. The van der Waals surface area contributed by atoms with Gasteiger partial charge < -0.3 is 14.8 Å². The second-order valence-corrected chi connectivity index (χ2v) is 3.56. The van der Waals surface area contributed by atoms with Crippen molar-refractivity contribution in [3.05, 3.63) is 10.7 Å². The van der Waals surface area contributed by atoms with Gasteiger partial charge in [0.2, 0.25) is 11.1 Å². The molecule has 76 valence electrons. The van der Waals surface area contributed by atoms with Crippen LogP contribution in [0.15, 0.2) is 15.7 Å². The summed E-state index contributed by atoms with van der Waals surface area (Å²) in [5.74, 6) is 0. The average Bonchev–Trinajstić information content (AvgIpc) is 2.02. The molecule has 0 rings (SSSR count). The van der Waals surface area contributed by atoms with E-state index in [1.54, 1.807) is 7.05 Å². The molecule has 0 aliphatic heterocycles. The minimum atomic E-state index is -2.09. The van der Waals surface area contributed by atoms with Crippen LogP contribution in [0.1, 0.15) is 0 Å². The lowest BCUT2D eigenvalue weighted by Gasteiger charge is -2.14. The second-order valence-electron chi connectivity index (χ2n) is 2.68. The Kier molecular flexibility index (Phi) is 5.52. The zero-order valence-corrected chi connectivity index (χ0v) is 8.89. The number of nitrogens with one attached hydrogen (secondary N) is 1. The van der Waals surface area contributed by atoms with Gasteiger partial charge in [-0.25, -0.2) is 4.21 Å². The predicted molar refractivity (Wildman–Crippen MR) is 55.0 cm³/mol. The largest absolute Gasteiger partial charge is 0.388 e. The molecule has 0 amide bonds. The first-order valence-corrected chi connectivity index (χ1v) is 4.76. The van der Waals surface area contributed by atoms with Crippen molar-refractivity contribution in [1.82, 2.24) is 10.2 Å². The van der Waals surface area contributed by atoms with E-state index in [1.165, 1.54) is 0 Å². The van der Waals surface area contributed by atoms with Gasteiger partial charge in [0.1, 0.15) is 0 Å². The van der Waals surface area contributed by atoms with Crippen LogP contribution in [0.3, 0.4) is 0 Å². The second kappa shape index (κ2) is 5.85. The SMILES string of the molecule is C=N/C(=C(/CN(C)C)NC)S(=O)O. The minimum Gasteiger partial charge on any atom is -0.388 e. The molecule has 0 heterocycles. The summed E-state index contributed by atoms with van der Waals surface area (Å²) in [7, 11) is 5.40. The van der Waals surface area contributed by atoms with Crippen molar-refractivity contribution >= 4 is 17.8 Å². The summed E-state index contributed by atoms with van der Waals surface area (Å²) < 4.78 is 19.6. The van der Waals surface area contributed by atoms with Gasteiger partial charge in [-0.05, 0) is 20.8 Å². The number of hydrogen-bond donors (Lipinski definition) is 2. The molecule has 0 aliphatic rings. The van der Waals surface area contributed by atoms with Crippen molar-refractivity contribution in [1.29, 1.82) is 0 Å². The summed E-state index contributed by atoms with van der Waals surface area (Å²) in [4.78, 5) is 5.37. The number of rotatable bonds is 5. The fourth-order valence-corrected chi connectivity index (χ4v) is 1.31. The van der Waals surface area contributed by atoms with Crippen LogP contribution in [-0.2, 0) is 11.1 Å². The molecule has 1 atom stereocenters. The Hall–Kier alpha value is -0.720. The molecule has 0 radical (unpaired) electrons. The average molecular weight is 205 g/mol. The van der Waals surface area contributed by atoms with E-state index in [0.29, 0.717) is 12.2 Å². The Morgan fingerprint density at radius 1 is 1.69 bits per heavy atom. The molecule has 0 saturated heterocycles. The lowest BCUT2D eigenvalue weighted by Crippen LogP contribution is -2.24. The van der Waals surface area contributed by atoms with Crippen LogP contribution in [0, 0.1) is 0 Å². The molecule has 0 fully saturated rings. The van der Waals surface area contributed by atoms with Crippen molar-refractivity contribution in [2.45, 2.75) is 0 Å². The first kappa shape index (κ1) is 12.3. The molecule has 0 aliphatic carbocycles. The van der Waals surface area contributed by atoms with E-state index in [0.717, 1.165) is 0 Å². The van der Waals surface area contributed by atoms with Gasteiger partial charge in [-0.3, -0.25) is 4.99 Å². The molecular weight excluding hydrogens is 190 g/mol. The van der Waals surface area contributed by atoms with Gasteiger partial charge in [0, 0.05) is 13.6 Å². The highest BCUT2D eigenvalue weighted by Crippen LogP contribution is 2.06. The molecule has 0 saturated carbocycles. The molecule has 5 nitrogen and oxygen atoms in total. The Labute approximate surface area is 80.8 Å². The summed E-state index contributed by atoms with van der Waals surface area (Å²) in [5.41, 5.74) is 0.598. The number of hydrogen-bond acceptors (Lipinski definition) is 4. The first-order chi connectivity index (χ1) is 6.02. The van der Waals surface area contributed by atoms with Crippen LogP contribution in [0.5, 0.6) is 0 Å². The highest BCUT2D eigenvalue weighted by Gasteiger charge is 2.09. The van der Waals surface area contributed by atoms with E-state index in [4.69, 9.17) is 4.55 Å². The van der Waals surface area contributed by atoms with E-state index in [9.17, 15) is 4.21 Å². The molecule has 0 aromatic rings. The topological polar surface area (TPSA) is 64.9 Å². The van der Waals surface area contributed by atoms with Gasteiger partial charge in [0.15, 0.2) is 5.03 Å². The van der Waals surface area contributed by atoms with Gasteiger partial charge in [0.25, 0.3) is 0 Å². The zero-order valence-electron chi connectivity index (χ0n) is 8.07. The molecule has 6 heteroatoms. The third kappa shape index (κ3) is 4.16. The van der Waals surface area contributed by atoms with Crippen LogP contribution in [0.4, 0.5) is 0 Å². The Balaban J connectivity index is 4.82. The summed E-state index contributed by atoms with van der Waals surface area (Å²) in [5, 5.41) is 2.90. The smallest absolute Gasteiger partial charge is 0.207 e. The van der Waals surface area contributed by atoms with E-state index >= 15 is 0 Å². The van der Waals surface area contributed by atoms with Crippen LogP contribution >= 0.6 is 0 Å². The molecular formula is C7H15N3O2S. The number of aliphatic imine (C=N–C) groups is 1.